The number of nitrogens with zero attached hydrogens (tertiary/aromatic N) is 1. The van der Waals surface area contributed by atoms with Crippen LogP contribution in [0.5, 0.6) is 0 Å². The molecule has 0 bridgehead atoms. The molecule has 4 N–H and O–H groups in total. The summed E-state index contributed by atoms with van der Waals surface area (Å²) in [4.78, 5) is 39.8. The Morgan fingerprint density at radius 1 is 0.900 bits per heavy atom. The average molecular weight is 538 g/mol. The van der Waals surface area contributed by atoms with Gasteiger partial charge in [0, 0.05) is 36.1 Å². The SMILES string of the molecule is CC(=O)NC(C)C(=O)Nc1ccc2c(c1)C(=C(Nc1ccc(CN3CCCCC3)cc1)c1ccccc1)C(=O)N2. The molecule has 0 spiro atoms. The molecule has 1 saturated heterocycles. The van der Waals surface area contributed by atoms with Gasteiger partial charge in [0.25, 0.3) is 5.91 Å². The smallest absolute Gasteiger partial charge is 0.258 e. The number of amides is 3. The lowest BCUT2D eigenvalue weighted by Gasteiger charge is -2.26. The van der Waals surface area contributed by atoms with Crippen molar-refractivity contribution >= 4 is 46.1 Å². The zero-order valence-electron chi connectivity index (χ0n) is 22.9. The lowest BCUT2D eigenvalue weighted by molar-refractivity contribution is -0.124. The van der Waals surface area contributed by atoms with Crippen LogP contribution >= 0.6 is 0 Å². The lowest BCUT2D eigenvalue weighted by Crippen LogP contribution is -2.40. The predicted octanol–water partition coefficient (Wildman–Crippen LogP) is 5.07. The highest BCUT2D eigenvalue weighted by atomic mass is 16.2. The van der Waals surface area contributed by atoms with E-state index in [1.54, 1.807) is 25.1 Å². The third-order valence-corrected chi connectivity index (χ3v) is 7.24. The zero-order chi connectivity index (χ0) is 28.1. The van der Waals surface area contributed by atoms with Crippen molar-refractivity contribution in [2.75, 3.05) is 29.0 Å². The summed E-state index contributed by atoms with van der Waals surface area (Å²) in [6.07, 6.45) is 3.84. The van der Waals surface area contributed by atoms with Crippen LogP contribution < -0.4 is 21.3 Å². The molecule has 1 atom stereocenters. The van der Waals surface area contributed by atoms with E-state index in [0.717, 1.165) is 30.9 Å². The number of anilines is 3. The number of fused-ring (bicyclic) bond motifs is 1. The fourth-order valence-corrected chi connectivity index (χ4v) is 5.21. The number of hydrogen-bond acceptors (Lipinski definition) is 5. The minimum Gasteiger partial charge on any atom is -0.354 e. The van der Waals surface area contributed by atoms with Gasteiger partial charge in [-0.05, 0) is 74.3 Å². The van der Waals surface area contributed by atoms with Crippen molar-refractivity contribution in [3.05, 3.63) is 89.5 Å². The summed E-state index contributed by atoms with van der Waals surface area (Å²) in [6, 6.07) is 22.7. The molecule has 3 aromatic carbocycles. The number of nitrogens with one attached hydrogen (secondary N) is 4. The van der Waals surface area contributed by atoms with Crippen LogP contribution in [0.2, 0.25) is 0 Å². The van der Waals surface area contributed by atoms with Crippen LogP contribution in [-0.2, 0) is 20.9 Å². The van der Waals surface area contributed by atoms with Gasteiger partial charge in [0.05, 0.1) is 11.3 Å². The molecule has 1 unspecified atom stereocenters. The molecule has 5 rings (SSSR count). The number of benzene rings is 3. The summed E-state index contributed by atoms with van der Waals surface area (Å²) >= 11 is 0. The van der Waals surface area contributed by atoms with E-state index in [1.807, 2.05) is 30.3 Å². The Balaban J connectivity index is 1.45. The Hall–Kier alpha value is -4.43. The average Bonchev–Trinajstić information content (AvgIpc) is 3.28. The molecule has 0 aromatic heterocycles. The maximum atomic E-state index is 13.3. The van der Waals surface area contributed by atoms with Crippen LogP contribution in [0.15, 0.2) is 72.8 Å². The molecule has 40 heavy (non-hydrogen) atoms. The van der Waals surface area contributed by atoms with Crippen molar-refractivity contribution < 1.29 is 14.4 Å². The fourth-order valence-electron chi connectivity index (χ4n) is 5.21. The Labute approximate surface area is 234 Å². The number of carbonyl (C=O) groups is 3. The van der Waals surface area contributed by atoms with Crippen molar-refractivity contribution in [1.82, 2.24) is 10.2 Å². The number of carbonyl (C=O) groups excluding carboxylic acids is 3. The highest BCUT2D eigenvalue weighted by molar-refractivity contribution is 6.37. The second kappa shape index (κ2) is 12.2. The number of likely N-dealkylation sites (tertiary alicyclic amines) is 1. The standard InChI is InChI=1S/C32H35N5O3/c1-21(33-22(2)38)31(39)35-26-15-16-28-27(19-26)29(32(40)36-28)30(24-9-5-3-6-10-24)34-25-13-11-23(12-14-25)20-37-17-7-4-8-18-37/h3,5-6,9-16,19,21,34H,4,7-8,17-18,20H2,1-2H3,(H,33,38)(H,35,39)(H,36,40). The molecule has 3 aromatic rings. The van der Waals surface area contributed by atoms with Gasteiger partial charge in [0.1, 0.15) is 6.04 Å². The van der Waals surface area contributed by atoms with E-state index in [0.29, 0.717) is 28.2 Å². The minimum atomic E-state index is -0.694. The molecule has 0 saturated carbocycles. The topological polar surface area (TPSA) is 103 Å². The zero-order valence-corrected chi connectivity index (χ0v) is 22.9. The van der Waals surface area contributed by atoms with Gasteiger partial charge in [0.2, 0.25) is 11.8 Å². The Morgan fingerprint density at radius 2 is 1.60 bits per heavy atom. The second-order valence-electron chi connectivity index (χ2n) is 10.4. The van der Waals surface area contributed by atoms with Gasteiger partial charge in [0.15, 0.2) is 0 Å². The maximum Gasteiger partial charge on any atom is 0.258 e. The van der Waals surface area contributed by atoms with Gasteiger partial charge >= 0.3 is 0 Å². The van der Waals surface area contributed by atoms with E-state index in [2.05, 4.69) is 50.4 Å². The molecule has 0 aliphatic carbocycles. The Bertz CT molecular complexity index is 1430. The first kappa shape index (κ1) is 27.1. The fraction of sp³-hybridized carbons (Fsp3) is 0.281. The molecular weight excluding hydrogens is 502 g/mol. The third kappa shape index (κ3) is 6.40. The van der Waals surface area contributed by atoms with Crippen LogP contribution in [0.3, 0.4) is 0 Å². The van der Waals surface area contributed by atoms with Crippen LogP contribution in [0.1, 0.15) is 49.8 Å². The Kier molecular flexibility index (Phi) is 8.26. The first-order valence-electron chi connectivity index (χ1n) is 13.8. The van der Waals surface area contributed by atoms with Crippen LogP contribution in [0.4, 0.5) is 17.1 Å². The number of hydrogen-bond donors (Lipinski definition) is 4. The molecule has 2 heterocycles. The lowest BCUT2D eigenvalue weighted by atomic mass is 9.99. The first-order valence-corrected chi connectivity index (χ1v) is 13.8. The van der Waals surface area contributed by atoms with E-state index in [1.165, 1.54) is 31.7 Å². The minimum absolute atomic E-state index is 0.224. The number of piperidine rings is 1. The first-order chi connectivity index (χ1) is 19.4. The molecule has 8 nitrogen and oxygen atoms in total. The molecule has 3 amide bonds. The van der Waals surface area contributed by atoms with E-state index in [-0.39, 0.29) is 17.7 Å². The van der Waals surface area contributed by atoms with Crippen LogP contribution in [0.25, 0.3) is 11.3 Å². The van der Waals surface area contributed by atoms with Crippen LogP contribution in [0, 0.1) is 0 Å². The van der Waals surface area contributed by atoms with Gasteiger partial charge in [-0.1, -0.05) is 48.9 Å². The molecule has 2 aliphatic rings. The van der Waals surface area contributed by atoms with Gasteiger partial charge in [-0.15, -0.1) is 0 Å². The van der Waals surface area contributed by atoms with Gasteiger partial charge < -0.3 is 21.3 Å². The van der Waals surface area contributed by atoms with Gasteiger partial charge in [-0.2, -0.15) is 0 Å². The molecule has 2 aliphatic heterocycles. The molecular formula is C32H35N5O3. The molecule has 206 valence electrons. The van der Waals surface area contributed by atoms with Crippen molar-refractivity contribution in [2.45, 2.75) is 45.7 Å². The summed E-state index contributed by atoms with van der Waals surface area (Å²) < 4.78 is 0. The molecule has 1 fully saturated rings. The predicted molar refractivity (Wildman–Crippen MR) is 159 cm³/mol. The van der Waals surface area contributed by atoms with Crippen molar-refractivity contribution in [3.8, 4) is 0 Å². The van der Waals surface area contributed by atoms with Gasteiger partial charge in [-0.25, -0.2) is 0 Å². The summed E-state index contributed by atoms with van der Waals surface area (Å²) in [7, 11) is 0. The third-order valence-electron chi connectivity index (χ3n) is 7.24. The summed E-state index contributed by atoms with van der Waals surface area (Å²) in [5, 5.41) is 11.9. The van der Waals surface area contributed by atoms with Crippen molar-refractivity contribution in [2.24, 2.45) is 0 Å². The molecule has 8 heteroatoms. The normalized spacial score (nSPS) is 16.9. The number of rotatable bonds is 8. The Morgan fingerprint density at radius 3 is 2.30 bits per heavy atom. The largest absolute Gasteiger partial charge is 0.354 e. The van der Waals surface area contributed by atoms with E-state index >= 15 is 0 Å². The highest BCUT2D eigenvalue weighted by Gasteiger charge is 2.29. The van der Waals surface area contributed by atoms with E-state index in [4.69, 9.17) is 0 Å². The summed E-state index contributed by atoms with van der Waals surface area (Å²) in [6.45, 7) is 6.22. The van der Waals surface area contributed by atoms with Crippen molar-refractivity contribution in [1.29, 1.82) is 0 Å². The summed E-state index contributed by atoms with van der Waals surface area (Å²) in [5.41, 5.74) is 6.06. The summed E-state index contributed by atoms with van der Waals surface area (Å²) in [5.74, 6) is -0.850. The quantitative estimate of drug-likeness (QED) is 0.301. The van der Waals surface area contributed by atoms with Crippen LogP contribution in [-0.4, -0.2) is 41.8 Å². The second-order valence-corrected chi connectivity index (χ2v) is 10.4. The van der Waals surface area contributed by atoms with Crippen molar-refractivity contribution in [3.63, 3.8) is 0 Å². The molecule has 0 radical (unpaired) electrons. The highest BCUT2D eigenvalue weighted by Crippen LogP contribution is 2.39. The maximum absolute atomic E-state index is 13.3. The van der Waals surface area contributed by atoms with Gasteiger partial charge in [-0.3, -0.25) is 19.3 Å². The van der Waals surface area contributed by atoms with E-state index in [9.17, 15) is 14.4 Å². The van der Waals surface area contributed by atoms with E-state index < -0.39 is 6.04 Å². The monoisotopic (exact) mass is 537 g/mol.